The molecule has 0 aliphatic rings. The number of ether oxygens (including phenoxy) is 1. The first kappa shape index (κ1) is 22.4. The monoisotopic (exact) mass is 470 g/mol. The zero-order chi connectivity index (χ0) is 21.5. The van der Waals surface area contributed by atoms with Crippen LogP contribution in [0.1, 0.15) is 43.4 Å². The Morgan fingerprint density at radius 3 is 2.70 bits per heavy atom. The molecule has 0 aliphatic heterocycles. The van der Waals surface area contributed by atoms with Gasteiger partial charge in [-0.2, -0.15) is 0 Å². The van der Waals surface area contributed by atoms with Crippen LogP contribution < -0.4 is 10.1 Å². The number of fused-ring (bicyclic) bond motifs is 1. The van der Waals surface area contributed by atoms with E-state index in [1.807, 2.05) is 19.9 Å². The predicted molar refractivity (Wildman–Crippen MR) is 127 cm³/mol. The third-order valence-electron chi connectivity index (χ3n) is 5.33. The van der Waals surface area contributed by atoms with Gasteiger partial charge in [-0.3, -0.25) is 4.79 Å². The molecule has 5 heteroatoms. The van der Waals surface area contributed by atoms with E-state index in [4.69, 9.17) is 4.74 Å². The van der Waals surface area contributed by atoms with Crippen molar-refractivity contribution in [3.63, 3.8) is 0 Å². The maximum absolute atomic E-state index is 11.6. The number of nitrogens with one attached hydrogen (secondary N) is 1. The molecule has 4 nitrogen and oxygen atoms in total. The summed E-state index contributed by atoms with van der Waals surface area (Å²) in [5.74, 6) is 0.989. The standard InChI is InChI=1S/C25H31BrN2O2/c1-4-25(29)27-13-12-20-17-28(24-11-9-21(30-5-2)16-22(20)24)14-6-7-19-15-18(3)8-10-23(19)26/h8-11,15-17H,4-7,12-14H2,1-3H3,(H,27,29). The second kappa shape index (κ2) is 10.7. The zero-order valence-electron chi connectivity index (χ0n) is 18.1. The van der Waals surface area contributed by atoms with Crippen molar-refractivity contribution < 1.29 is 9.53 Å². The van der Waals surface area contributed by atoms with E-state index in [0.29, 0.717) is 19.6 Å². The molecule has 0 fully saturated rings. The van der Waals surface area contributed by atoms with Gasteiger partial charge >= 0.3 is 0 Å². The van der Waals surface area contributed by atoms with Gasteiger partial charge in [-0.1, -0.05) is 40.5 Å². The molecular formula is C25H31BrN2O2. The maximum atomic E-state index is 11.6. The van der Waals surface area contributed by atoms with Crippen LogP contribution in [0.25, 0.3) is 10.9 Å². The molecule has 160 valence electrons. The molecule has 1 aromatic heterocycles. The van der Waals surface area contributed by atoms with Gasteiger partial charge in [-0.25, -0.2) is 0 Å². The molecule has 1 N–H and O–H groups in total. The SMILES string of the molecule is CCOc1ccc2c(c1)c(CCNC(=O)CC)cn2CCCc1cc(C)ccc1Br. The molecular weight excluding hydrogens is 440 g/mol. The summed E-state index contributed by atoms with van der Waals surface area (Å²) in [4.78, 5) is 11.6. The van der Waals surface area contributed by atoms with E-state index < -0.39 is 0 Å². The van der Waals surface area contributed by atoms with Crippen molar-refractivity contribution in [3.05, 3.63) is 63.8 Å². The molecule has 0 unspecified atom stereocenters. The van der Waals surface area contributed by atoms with Crippen molar-refractivity contribution >= 4 is 32.7 Å². The number of hydrogen-bond donors (Lipinski definition) is 1. The summed E-state index contributed by atoms with van der Waals surface area (Å²) in [7, 11) is 0. The number of nitrogens with zero attached hydrogens (tertiary/aromatic N) is 1. The molecule has 0 saturated carbocycles. The molecule has 3 aromatic rings. The minimum absolute atomic E-state index is 0.0949. The lowest BCUT2D eigenvalue weighted by Gasteiger charge is -2.09. The molecule has 0 atom stereocenters. The molecule has 1 heterocycles. The Morgan fingerprint density at radius 2 is 1.93 bits per heavy atom. The summed E-state index contributed by atoms with van der Waals surface area (Å²) >= 11 is 3.67. The maximum Gasteiger partial charge on any atom is 0.219 e. The Morgan fingerprint density at radius 1 is 1.10 bits per heavy atom. The predicted octanol–water partition coefficient (Wildman–Crippen LogP) is 5.81. The fourth-order valence-electron chi connectivity index (χ4n) is 3.79. The van der Waals surface area contributed by atoms with Gasteiger partial charge in [-0.05, 0) is 68.5 Å². The van der Waals surface area contributed by atoms with Gasteiger partial charge in [0.05, 0.1) is 6.61 Å². The topological polar surface area (TPSA) is 43.3 Å². The normalized spacial score (nSPS) is 11.1. The summed E-state index contributed by atoms with van der Waals surface area (Å²) in [6.07, 6.45) is 5.66. The van der Waals surface area contributed by atoms with Crippen molar-refractivity contribution in [1.82, 2.24) is 9.88 Å². The summed E-state index contributed by atoms with van der Waals surface area (Å²) in [6.45, 7) is 8.27. The lowest BCUT2D eigenvalue weighted by molar-refractivity contribution is -0.120. The Kier molecular flexibility index (Phi) is 7.97. The van der Waals surface area contributed by atoms with Crippen LogP contribution in [0.3, 0.4) is 0 Å². The highest BCUT2D eigenvalue weighted by molar-refractivity contribution is 9.10. The minimum Gasteiger partial charge on any atom is -0.494 e. The lowest BCUT2D eigenvalue weighted by Crippen LogP contribution is -2.24. The number of benzene rings is 2. The van der Waals surface area contributed by atoms with Crippen molar-refractivity contribution in [1.29, 1.82) is 0 Å². The Balaban J connectivity index is 1.77. The number of amides is 1. The van der Waals surface area contributed by atoms with Crippen molar-refractivity contribution in [3.8, 4) is 5.75 Å². The molecule has 0 bridgehead atoms. The number of halogens is 1. The third kappa shape index (κ3) is 5.66. The van der Waals surface area contributed by atoms with Crippen molar-refractivity contribution in [2.75, 3.05) is 13.2 Å². The van der Waals surface area contributed by atoms with Gasteiger partial charge in [0.25, 0.3) is 0 Å². The van der Waals surface area contributed by atoms with Crippen LogP contribution in [0.4, 0.5) is 0 Å². The van der Waals surface area contributed by atoms with Crippen LogP contribution in [0.2, 0.25) is 0 Å². The second-order valence-electron chi connectivity index (χ2n) is 7.61. The van der Waals surface area contributed by atoms with E-state index in [2.05, 4.69) is 69.3 Å². The van der Waals surface area contributed by atoms with Gasteiger partial charge < -0.3 is 14.6 Å². The van der Waals surface area contributed by atoms with E-state index in [1.165, 1.54) is 32.1 Å². The summed E-state index contributed by atoms with van der Waals surface area (Å²) < 4.78 is 9.24. The minimum atomic E-state index is 0.0949. The van der Waals surface area contributed by atoms with Crippen molar-refractivity contribution in [2.24, 2.45) is 0 Å². The fourth-order valence-corrected chi connectivity index (χ4v) is 4.23. The Bertz CT molecular complexity index is 1010. The van der Waals surface area contributed by atoms with Crippen molar-refractivity contribution in [2.45, 2.75) is 53.0 Å². The molecule has 0 radical (unpaired) electrons. The number of carbonyl (C=O) groups is 1. The van der Waals surface area contributed by atoms with E-state index >= 15 is 0 Å². The fraction of sp³-hybridized carbons (Fsp3) is 0.400. The molecule has 0 aliphatic carbocycles. The smallest absolute Gasteiger partial charge is 0.219 e. The van der Waals surface area contributed by atoms with Gasteiger partial charge in [0.15, 0.2) is 0 Å². The zero-order valence-corrected chi connectivity index (χ0v) is 19.7. The van der Waals surface area contributed by atoms with Gasteiger partial charge in [0.2, 0.25) is 5.91 Å². The lowest BCUT2D eigenvalue weighted by atomic mass is 10.1. The number of aromatic nitrogens is 1. The van der Waals surface area contributed by atoms with Gasteiger partial charge in [-0.15, -0.1) is 0 Å². The highest BCUT2D eigenvalue weighted by atomic mass is 79.9. The van der Waals surface area contributed by atoms with Crippen LogP contribution in [-0.2, 0) is 24.2 Å². The van der Waals surface area contributed by atoms with E-state index in [1.54, 1.807) is 0 Å². The molecule has 0 spiro atoms. The summed E-state index contributed by atoms with van der Waals surface area (Å²) in [5.41, 5.74) is 5.12. The first-order chi connectivity index (χ1) is 14.5. The largest absolute Gasteiger partial charge is 0.494 e. The van der Waals surface area contributed by atoms with E-state index in [0.717, 1.165) is 31.6 Å². The Hall–Kier alpha value is -2.27. The first-order valence-electron chi connectivity index (χ1n) is 10.8. The van der Waals surface area contributed by atoms with Gasteiger partial charge in [0, 0.05) is 41.1 Å². The quantitative estimate of drug-likeness (QED) is 0.406. The number of rotatable bonds is 10. The second-order valence-corrected chi connectivity index (χ2v) is 8.47. The molecule has 0 saturated heterocycles. The highest BCUT2D eigenvalue weighted by Crippen LogP contribution is 2.27. The van der Waals surface area contributed by atoms with Crippen LogP contribution in [0, 0.1) is 6.92 Å². The highest BCUT2D eigenvalue weighted by Gasteiger charge is 2.11. The molecule has 1 amide bonds. The molecule has 3 rings (SSSR count). The molecule has 2 aromatic carbocycles. The van der Waals surface area contributed by atoms with Gasteiger partial charge in [0.1, 0.15) is 5.75 Å². The van der Waals surface area contributed by atoms with Crippen LogP contribution >= 0.6 is 15.9 Å². The average molecular weight is 471 g/mol. The van der Waals surface area contributed by atoms with E-state index in [9.17, 15) is 4.79 Å². The number of aryl methyl sites for hydroxylation is 3. The number of carbonyl (C=O) groups excluding carboxylic acids is 1. The molecule has 30 heavy (non-hydrogen) atoms. The Labute approximate surface area is 187 Å². The number of hydrogen-bond acceptors (Lipinski definition) is 2. The van der Waals surface area contributed by atoms with Crippen LogP contribution in [-0.4, -0.2) is 23.6 Å². The van der Waals surface area contributed by atoms with Crippen LogP contribution in [0.15, 0.2) is 47.1 Å². The third-order valence-corrected chi connectivity index (χ3v) is 6.10. The van der Waals surface area contributed by atoms with Crippen LogP contribution in [0.5, 0.6) is 5.75 Å². The van der Waals surface area contributed by atoms with E-state index in [-0.39, 0.29) is 5.91 Å². The average Bonchev–Trinajstić information content (AvgIpc) is 3.07. The summed E-state index contributed by atoms with van der Waals surface area (Å²) in [6, 6.07) is 12.8. The first-order valence-corrected chi connectivity index (χ1v) is 11.6. The summed E-state index contributed by atoms with van der Waals surface area (Å²) in [5, 5.41) is 4.20.